The number of benzene rings is 1. The summed E-state index contributed by atoms with van der Waals surface area (Å²) in [4.78, 5) is 26.6. The number of ether oxygens (including phenoxy) is 2. The predicted octanol–water partition coefficient (Wildman–Crippen LogP) is 3.20. The molecule has 0 radical (unpaired) electrons. The van der Waals surface area contributed by atoms with E-state index < -0.39 is 0 Å². The minimum absolute atomic E-state index is 0.0712. The molecule has 0 atom stereocenters. The maximum atomic E-state index is 13.2. The molecular formula is C22H30N4O3. The molecule has 0 spiro atoms. The van der Waals surface area contributed by atoms with Gasteiger partial charge in [0.25, 0.3) is 5.91 Å². The number of carbonyl (C=O) groups is 1. The van der Waals surface area contributed by atoms with Gasteiger partial charge in [0.2, 0.25) is 0 Å². The Hall–Kier alpha value is -2.83. The lowest BCUT2D eigenvalue weighted by Gasteiger charge is -2.37. The van der Waals surface area contributed by atoms with Crippen LogP contribution in [-0.4, -0.2) is 61.2 Å². The minimum atomic E-state index is -0.0712. The highest BCUT2D eigenvalue weighted by molar-refractivity contribution is 5.99. The van der Waals surface area contributed by atoms with Crippen LogP contribution in [-0.2, 0) is 0 Å². The zero-order chi connectivity index (χ0) is 21.1. The summed E-state index contributed by atoms with van der Waals surface area (Å²) in [6, 6.07) is 5.39. The molecule has 0 N–H and O–H groups in total. The Bertz CT molecular complexity index is 868. The van der Waals surface area contributed by atoms with Crippen LogP contribution in [0.4, 0.5) is 5.82 Å². The first-order chi connectivity index (χ1) is 13.9. The lowest BCUT2D eigenvalue weighted by atomic mass is 10.0. The summed E-state index contributed by atoms with van der Waals surface area (Å²) in [5.74, 6) is 3.09. The van der Waals surface area contributed by atoms with Crippen LogP contribution in [0.25, 0.3) is 0 Å². The molecule has 156 valence electrons. The van der Waals surface area contributed by atoms with Crippen molar-refractivity contribution < 1.29 is 14.3 Å². The molecular weight excluding hydrogens is 368 g/mol. The van der Waals surface area contributed by atoms with Crippen LogP contribution in [0.15, 0.2) is 18.2 Å². The summed E-state index contributed by atoms with van der Waals surface area (Å²) in [7, 11) is 3.13. The second-order valence-electron chi connectivity index (χ2n) is 7.56. The van der Waals surface area contributed by atoms with Crippen molar-refractivity contribution in [1.29, 1.82) is 0 Å². The van der Waals surface area contributed by atoms with Gasteiger partial charge in [-0.25, -0.2) is 9.97 Å². The van der Waals surface area contributed by atoms with Gasteiger partial charge < -0.3 is 19.3 Å². The Morgan fingerprint density at radius 3 is 2.10 bits per heavy atom. The fraction of sp³-hybridized carbons (Fsp3) is 0.500. The summed E-state index contributed by atoms with van der Waals surface area (Å²) >= 11 is 0. The topological polar surface area (TPSA) is 67.8 Å². The smallest absolute Gasteiger partial charge is 0.261 e. The monoisotopic (exact) mass is 398 g/mol. The summed E-state index contributed by atoms with van der Waals surface area (Å²) < 4.78 is 10.8. The molecule has 2 heterocycles. The van der Waals surface area contributed by atoms with Gasteiger partial charge in [0.1, 0.15) is 28.7 Å². The van der Waals surface area contributed by atoms with Crippen LogP contribution in [0.3, 0.4) is 0 Å². The van der Waals surface area contributed by atoms with Gasteiger partial charge >= 0.3 is 0 Å². The lowest BCUT2D eigenvalue weighted by molar-refractivity contribution is 0.0739. The number of hydrogen-bond acceptors (Lipinski definition) is 6. The molecule has 3 rings (SSSR count). The molecule has 1 aromatic heterocycles. The van der Waals surface area contributed by atoms with Gasteiger partial charge in [-0.05, 0) is 31.9 Å². The first-order valence-electron chi connectivity index (χ1n) is 9.97. The fourth-order valence-corrected chi connectivity index (χ4v) is 3.96. The predicted molar refractivity (Wildman–Crippen MR) is 113 cm³/mol. The van der Waals surface area contributed by atoms with E-state index in [1.54, 1.807) is 26.4 Å². The van der Waals surface area contributed by atoms with Crippen LogP contribution in [0, 0.1) is 13.8 Å². The molecule has 0 aliphatic carbocycles. The van der Waals surface area contributed by atoms with Crippen LogP contribution in [0.5, 0.6) is 11.5 Å². The molecule has 29 heavy (non-hydrogen) atoms. The fourth-order valence-electron chi connectivity index (χ4n) is 3.96. The number of aryl methyl sites for hydroxylation is 2. The van der Waals surface area contributed by atoms with Crippen molar-refractivity contribution >= 4 is 11.7 Å². The highest BCUT2D eigenvalue weighted by atomic mass is 16.5. The van der Waals surface area contributed by atoms with Crippen molar-refractivity contribution in [3.05, 3.63) is 40.8 Å². The number of anilines is 1. The SMILES string of the molecule is COc1cccc(OC)c1C(=O)N1CCN(c2nc(C)nc(C)c2C(C)C)CC1. The number of rotatable bonds is 5. The van der Waals surface area contributed by atoms with Crippen molar-refractivity contribution in [3.8, 4) is 11.5 Å². The molecule has 7 heteroatoms. The molecule has 1 aromatic carbocycles. The van der Waals surface area contributed by atoms with E-state index in [0.29, 0.717) is 36.1 Å². The molecule has 1 saturated heterocycles. The van der Waals surface area contributed by atoms with Gasteiger partial charge in [0.15, 0.2) is 0 Å². The van der Waals surface area contributed by atoms with Crippen molar-refractivity contribution in [2.45, 2.75) is 33.6 Å². The Balaban J connectivity index is 1.81. The van der Waals surface area contributed by atoms with E-state index in [-0.39, 0.29) is 5.91 Å². The van der Waals surface area contributed by atoms with Gasteiger partial charge in [-0.1, -0.05) is 19.9 Å². The van der Waals surface area contributed by atoms with Gasteiger partial charge in [-0.2, -0.15) is 0 Å². The first-order valence-corrected chi connectivity index (χ1v) is 9.97. The highest BCUT2D eigenvalue weighted by Gasteiger charge is 2.29. The Labute approximate surface area is 172 Å². The molecule has 1 aliphatic heterocycles. The molecule has 1 fully saturated rings. The number of carbonyl (C=O) groups excluding carboxylic acids is 1. The average molecular weight is 399 g/mol. The normalized spacial score (nSPS) is 14.3. The zero-order valence-corrected chi connectivity index (χ0v) is 18.2. The summed E-state index contributed by atoms with van der Waals surface area (Å²) in [5, 5.41) is 0. The van der Waals surface area contributed by atoms with Gasteiger partial charge in [-0.15, -0.1) is 0 Å². The number of aromatic nitrogens is 2. The van der Waals surface area contributed by atoms with Crippen LogP contribution < -0.4 is 14.4 Å². The zero-order valence-electron chi connectivity index (χ0n) is 18.2. The molecule has 0 saturated carbocycles. The van der Waals surface area contributed by atoms with E-state index in [2.05, 4.69) is 23.7 Å². The molecule has 0 bridgehead atoms. The van der Waals surface area contributed by atoms with Crippen molar-refractivity contribution in [1.82, 2.24) is 14.9 Å². The van der Waals surface area contributed by atoms with Crippen molar-refractivity contribution in [3.63, 3.8) is 0 Å². The number of amides is 1. The van der Waals surface area contributed by atoms with Crippen LogP contribution in [0.1, 0.15) is 47.2 Å². The van der Waals surface area contributed by atoms with Gasteiger partial charge in [0.05, 0.1) is 14.2 Å². The number of nitrogens with zero attached hydrogens (tertiary/aromatic N) is 4. The van der Waals surface area contributed by atoms with Crippen molar-refractivity contribution in [2.24, 2.45) is 0 Å². The largest absolute Gasteiger partial charge is 0.496 e. The number of hydrogen-bond donors (Lipinski definition) is 0. The van der Waals surface area contributed by atoms with Gasteiger partial charge in [0, 0.05) is 37.4 Å². The molecule has 1 aliphatic rings. The summed E-state index contributed by atoms with van der Waals surface area (Å²) in [6.45, 7) is 11.0. The molecule has 7 nitrogen and oxygen atoms in total. The van der Waals surface area contributed by atoms with Crippen LogP contribution >= 0.6 is 0 Å². The highest BCUT2D eigenvalue weighted by Crippen LogP contribution is 2.31. The second kappa shape index (κ2) is 8.68. The van der Waals surface area contributed by atoms with E-state index in [9.17, 15) is 4.79 Å². The van der Waals surface area contributed by atoms with E-state index in [1.165, 1.54) is 5.56 Å². The van der Waals surface area contributed by atoms with E-state index >= 15 is 0 Å². The number of methoxy groups -OCH3 is 2. The quantitative estimate of drug-likeness (QED) is 0.771. The Morgan fingerprint density at radius 2 is 1.59 bits per heavy atom. The number of piperazine rings is 1. The van der Waals surface area contributed by atoms with E-state index in [4.69, 9.17) is 14.5 Å². The van der Waals surface area contributed by atoms with Crippen LogP contribution in [0.2, 0.25) is 0 Å². The van der Waals surface area contributed by atoms with Crippen molar-refractivity contribution in [2.75, 3.05) is 45.3 Å². The van der Waals surface area contributed by atoms with E-state index in [1.807, 2.05) is 24.8 Å². The Kier molecular flexibility index (Phi) is 6.25. The molecule has 0 unspecified atom stereocenters. The second-order valence-corrected chi connectivity index (χ2v) is 7.56. The Morgan fingerprint density at radius 1 is 1.00 bits per heavy atom. The lowest BCUT2D eigenvalue weighted by Crippen LogP contribution is -2.49. The first kappa shape index (κ1) is 20.9. The third-order valence-electron chi connectivity index (χ3n) is 5.31. The minimum Gasteiger partial charge on any atom is -0.496 e. The maximum absolute atomic E-state index is 13.2. The summed E-state index contributed by atoms with van der Waals surface area (Å²) in [6.07, 6.45) is 0. The summed E-state index contributed by atoms with van der Waals surface area (Å²) in [5.41, 5.74) is 2.68. The third-order valence-corrected chi connectivity index (χ3v) is 5.31. The molecule has 1 amide bonds. The maximum Gasteiger partial charge on any atom is 0.261 e. The average Bonchev–Trinajstić information content (AvgIpc) is 2.71. The van der Waals surface area contributed by atoms with E-state index in [0.717, 1.165) is 30.4 Å². The standard InChI is InChI=1S/C22H30N4O3/c1-14(2)19-15(3)23-16(4)24-21(19)25-10-12-26(13-11-25)22(27)20-17(28-5)8-7-9-18(20)29-6/h7-9,14H,10-13H2,1-6H3. The molecule has 2 aromatic rings. The third kappa shape index (κ3) is 4.13. The van der Waals surface area contributed by atoms with Gasteiger partial charge in [-0.3, -0.25) is 4.79 Å².